The van der Waals surface area contributed by atoms with Crippen molar-refractivity contribution < 1.29 is 4.79 Å². The number of halogens is 1. The molecule has 18 heavy (non-hydrogen) atoms. The predicted octanol–water partition coefficient (Wildman–Crippen LogP) is 2.15. The Morgan fingerprint density at radius 2 is 2.17 bits per heavy atom. The molecule has 3 unspecified atom stereocenters. The van der Waals surface area contributed by atoms with Crippen molar-refractivity contribution in [3.63, 3.8) is 0 Å². The van der Waals surface area contributed by atoms with Gasteiger partial charge in [-0.25, -0.2) is 0 Å². The molecule has 0 spiro atoms. The minimum absolute atomic E-state index is 0. The Morgan fingerprint density at radius 3 is 2.78 bits per heavy atom. The van der Waals surface area contributed by atoms with E-state index >= 15 is 0 Å². The van der Waals surface area contributed by atoms with Crippen molar-refractivity contribution >= 4 is 30.1 Å². The molecule has 1 saturated heterocycles. The van der Waals surface area contributed by atoms with Crippen molar-refractivity contribution in [3.8, 4) is 0 Å². The Balaban J connectivity index is 0.00000162. The first-order chi connectivity index (χ1) is 8.22. The highest BCUT2D eigenvalue weighted by Crippen LogP contribution is 2.32. The molecule has 1 aliphatic carbocycles. The van der Waals surface area contributed by atoms with Gasteiger partial charge in [-0.2, -0.15) is 11.8 Å². The lowest BCUT2D eigenvalue weighted by Gasteiger charge is -2.27. The molecule has 1 amide bonds. The van der Waals surface area contributed by atoms with Gasteiger partial charge in [-0.15, -0.1) is 12.4 Å². The number of hydrogen-bond acceptors (Lipinski definition) is 3. The maximum Gasteiger partial charge on any atom is 0.227 e. The summed E-state index contributed by atoms with van der Waals surface area (Å²) < 4.78 is 0. The van der Waals surface area contributed by atoms with Gasteiger partial charge in [-0.05, 0) is 38.0 Å². The third-order valence-corrected chi connectivity index (χ3v) is 5.30. The minimum Gasteiger partial charge on any atom is -0.342 e. The Labute approximate surface area is 121 Å². The predicted molar refractivity (Wildman–Crippen MR) is 80.6 cm³/mol. The first-order valence-corrected chi connectivity index (χ1v) is 7.86. The Bertz CT molecular complexity index is 272. The number of thioether (sulfide) groups is 1. The summed E-state index contributed by atoms with van der Waals surface area (Å²) in [5.41, 5.74) is 0. The highest BCUT2D eigenvalue weighted by atomic mass is 35.5. The molecule has 0 aromatic heterocycles. The summed E-state index contributed by atoms with van der Waals surface area (Å²) in [6, 6.07) is 0.493. The topological polar surface area (TPSA) is 32.3 Å². The quantitative estimate of drug-likeness (QED) is 0.862. The molecule has 1 aliphatic heterocycles. The van der Waals surface area contributed by atoms with Gasteiger partial charge in [0.15, 0.2) is 0 Å². The monoisotopic (exact) mass is 292 g/mol. The van der Waals surface area contributed by atoms with Crippen LogP contribution in [-0.4, -0.2) is 48.0 Å². The van der Waals surface area contributed by atoms with Crippen LogP contribution >= 0.6 is 24.2 Å². The molecule has 0 aromatic rings. The molecule has 2 aliphatic rings. The molecule has 106 valence electrons. The van der Waals surface area contributed by atoms with Crippen molar-refractivity contribution in [1.82, 2.24) is 10.2 Å². The van der Waals surface area contributed by atoms with Crippen LogP contribution in [0.15, 0.2) is 0 Å². The van der Waals surface area contributed by atoms with Gasteiger partial charge in [-0.3, -0.25) is 4.79 Å². The second kappa shape index (κ2) is 7.61. The van der Waals surface area contributed by atoms with Crippen LogP contribution in [0.5, 0.6) is 0 Å². The van der Waals surface area contributed by atoms with Crippen LogP contribution in [0.3, 0.4) is 0 Å². The SMILES string of the molecule is CCSC1CCC(N(C)C(=O)C2CCNC2)C1.Cl. The third kappa shape index (κ3) is 3.78. The van der Waals surface area contributed by atoms with E-state index < -0.39 is 0 Å². The molecule has 3 nitrogen and oxygen atoms in total. The smallest absolute Gasteiger partial charge is 0.227 e. The molecule has 0 aromatic carbocycles. The Kier molecular flexibility index (Phi) is 6.82. The van der Waals surface area contributed by atoms with Crippen LogP contribution in [-0.2, 0) is 4.79 Å². The van der Waals surface area contributed by atoms with Gasteiger partial charge in [0.05, 0.1) is 5.92 Å². The van der Waals surface area contributed by atoms with E-state index in [2.05, 4.69) is 24.0 Å². The molecule has 2 fully saturated rings. The molecule has 2 rings (SSSR count). The van der Waals surface area contributed by atoms with Crippen LogP contribution in [0.4, 0.5) is 0 Å². The molecule has 1 heterocycles. The number of carbonyl (C=O) groups excluding carboxylic acids is 1. The highest BCUT2D eigenvalue weighted by Gasteiger charge is 2.33. The van der Waals surface area contributed by atoms with Gasteiger partial charge >= 0.3 is 0 Å². The van der Waals surface area contributed by atoms with Crippen molar-refractivity contribution in [3.05, 3.63) is 0 Å². The summed E-state index contributed by atoms with van der Waals surface area (Å²) >= 11 is 2.05. The zero-order chi connectivity index (χ0) is 12.3. The lowest BCUT2D eigenvalue weighted by Crippen LogP contribution is -2.40. The standard InChI is InChI=1S/C13H24N2OS.ClH/c1-3-17-12-5-4-11(8-12)15(2)13(16)10-6-7-14-9-10;/h10-12,14H,3-9H2,1-2H3;1H. The van der Waals surface area contributed by atoms with Crippen molar-refractivity contribution in [2.24, 2.45) is 5.92 Å². The summed E-state index contributed by atoms with van der Waals surface area (Å²) in [5.74, 6) is 1.79. The molecular formula is C13H25ClN2OS. The number of nitrogens with one attached hydrogen (secondary N) is 1. The van der Waals surface area contributed by atoms with Crippen LogP contribution in [0, 0.1) is 5.92 Å². The van der Waals surface area contributed by atoms with Gasteiger partial charge in [0.25, 0.3) is 0 Å². The minimum atomic E-state index is 0. The van der Waals surface area contributed by atoms with Gasteiger partial charge < -0.3 is 10.2 Å². The maximum atomic E-state index is 12.3. The molecule has 3 atom stereocenters. The zero-order valence-corrected chi connectivity index (χ0v) is 13.0. The Hall–Kier alpha value is 0.0700. The first kappa shape index (κ1) is 16.1. The van der Waals surface area contributed by atoms with Gasteiger partial charge in [0, 0.05) is 24.9 Å². The lowest BCUT2D eigenvalue weighted by atomic mass is 10.1. The van der Waals surface area contributed by atoms with Crippen molar-refractivity contribution in [2.75, 3.05) is 25.9 Å². The van der Waals surface area contributed by atoms with Gasteiger partial charge in [0.2, 0.25) is 5.91 Å². The van der Waals surface area contributed by atoms with E-state index in [-0.39, 0.29) is 18.3 Å². The second-order valence-electron chi connectivity index (χ2n) is 5.18. The van der Waals surface area contributed by atoms with Crippen LogP contribution in [0.25, 0.3) is 0 Å². The van der Waals surface area contributed by atoms with Crippen LogP contribution in [0.1, 0.15) is 32.6 Å². The molecule has 1 saturated carbocycles. The summed E-state index contributed by atoms with van der Waals surface area (Å²) in [6.45, 7) is 4.10. The average molecular weight is 293 g/mol. The van der Waals surface area contributed by atoms with E-state index in [1.165, 1.54) is 25.0 Å². The van der Waals surface area contributed by atoms with E-state index in [9.17, 15) is 4.79 Å². The fraction of sp³-hybridized carbons (Fsp3) is 0.923. The maximum absolute atomic E-state index is 12.3. The normalized spacial score (nSPS) is 31.1. The van der Waals surface area contributed by atoms with Crippen LogP contribution < -0.4 is 5.32 Å². The molecular weight excluding hydrogens is 268 g/mol. The van der Waals surface area contributed by atoms with E-state index in [4.69, 9.17) is 0 Å². The van der Waals surface area contributed by atoms with Crippen molar-refractivity contribution in [1.29, 1.82) is 0 Å². The third-order valence-electron chi connectivity index (χ3n) is 4.06. The van der Waals surface area contributed by atoms with Crippen molar-refractivity contribution in [2.45, 2.75) is 43.9 Å². The zero-order valence-electron chi connectivity index (χ0n) is 11.4. The number of carbonyl (C=O) groups is 1. The van der Waals surface area contributed by atoms with E-state index in [0.29, 0.717) is 11.9 Å². The van der Waals surface area contributed by atoms with Gasteiger partial charge in [-0.1, -0.05) is 6.92 Å². The van der Waals surface area contributed by atoms with Gasteiger partial charge in [0.1, 0.15) is 0 Å². The largest absolute Gasteiger partial charge is 0.342 e. The number of nitrogens with zero attached hydrogens (tertiary/aromatic N) is 1. The Morgan fingerprint density at radius 1 is 1.39 bits per heavy atom. The number of rotatable bonds is 4. The first-order valence-electron chi connectivity index (χ1n) is 6.81. The fourth-order valence-electron chi connectivity index (χ4n) is 2.99. The average Bonchev–Trinajstić information content (AvgIpc) is 2.98. The molecule has 1 N–H and O–H groups in total. The van der Waals surface area contributed by atoms with E-state index in [1.807, 2.05) is 11.9 Å². The van der Waals surface area contributed by atoms with E-state index in [0.717, 1.165) is 24.8 Å². The second-order valence-corrected chi connectivity index (χ2v) is 6.76. The summed E-state index contributed by atoms with van der Waals surface area (Å²) in [6.07, 6.45) is 4.69. The molecule has 5 heteroatoms. The molecule has 0 radical (unpaired) electrons. The summed E-state index contributed by atoms with van der Waals surface area (Å²) in [5, 5.41) is 4.06. The highest BCUT2D eigenvalue weighted by molar-refractivity contribution is 7.99. The summed E-state index contributed by atoms with van der Waals surface area (Å²) in [4.78, 5) is 14.3. The molecule has 0 bridgehead atoms. The lowest BCUT2D eigenvalue weighted by molar-refractivity contribution is -0.135. The number of amides is 1. The summed E-state index contributed by atoms with van der Waals surface area (Å²) in [7, 11) is 2.00. The van der Waals surface area contributed by atoms with E-state index in [1.54, 1.807) is 0 Å². The fourth-order valence-corrected chi connectivity index (χ4v) is 4.12. The van der Waals surface area contributed by atoms with Crippen LogP contribution in [0.2, 0.25) is 0 Å². The number of hydrogen-bond donors (Lipinski definition) is 1.